The van der Waals surface area contributed by atoms with E-state index in [1.807, 2.05) is 18.7 Å². The zero-order chi connectivity index (χ0) is 17.3. The van der Waals surface area contributed by atoms with Gasteiger partial charge in [-0.15, -0.1) is 11.8 Å². The second kappa shape index (κ2) is 6.74. The average molecular weight is 345 g/mol. The van der Waals surface area contributed by atoms with Crippen LogP contribution in [0, 0.1) is 6.92 Å². The molecule has 0 aliphatic rings. The summed E-state index contributed by atoms with van der Waals surface area (Å²) in [5.74, 6) is 0.446. The van der Waals surface area contributed by atoms with Crippen molar-refractivity contribution in [3.05, 3.63) is 53.6 Å². The summed E-state index contributed by atoms with van der Waals surface area (Å²) in [6.45, 7) is 13.3. The minimum Gasteiger partial charge on any atom is -0.507 e. The van der Waals surface area contributed by atoms with Crippen LogP contribution in [0.5, 0.6) is 5.75 Å². The molecule has 1 N–H and O–H groups in total. The van der Waals surface area contributed by atoms with E-state index in [1.54, 1.807) is 0 Å². The third-order valence-electron chi connectivity index (χ3n) is 4.24. The van der Waals surface area contributed by atoms with E-state index < -0.39 is 8.07 Å². The summed E-state index contributed by atoms with van der Waals surface area (Å²) >= 11 is 1.93. The predicted molar refractivity (Wildman–Crippen MR) is 106 cm³/mol. The van der Waals surface area contributed by atoms with Gasteiger partial charge in [-0.25, -0.2) is 0 Å². The largest absolute Gasteiger partial charge is 0.507 e. The summed E-state index contributed by atoms with van der Waals surface area (Å²) in [4.78, 5) is 1.27. The van der Waals surface area contributed by atoms with Gasteiger partial charge < -0.3 is 5.11 Å². The lowest BCUT2D eigenvalue weighted by molar-refractivity contribution is 0.442. The number of hydrogen-bond acceptors (Lipinski definition) is 2. The van der Waals surface area contributed by atoms with Crippen LogP contribution < -0.4 is 5.19 Å². The summed E-state index contributed by atoms with van der Waals surface area (Å²) in [5, 5.41) is 13.0. The molecule has 2 aromatic rings. The maximum absolute atomic E-state index is 10.4. The topological polar surface area (TPSA) is 20.2 Å². The monoisotopic (exact) mass is 344 g/mol. The van der Waals surface area contributed by atoms with Crippen LogP contribution in [0.25, 0.3) is 0 Å². The quantitative estimate of drug-likeness (QED) is 0.604. The van der Waals surface area contributed by atoms with E-state index in [0.717, 1.165) is 16.5 Å². The van der Waals surface area contributed by atoms with Gasteiger partial charge in [0.15, 0.2) is 0 Å². The number of rotatable bonds is 4. The Morgan fingerprint density at radius 2 is 1.65 bits per heavy atom. The molecule has 0 aliphatic carbocycles. The van der Waals surface area contributed by atoms with Crippen LogP contribution in [0.1, 0.15) is 31.9 Å². The van der Waals surface area contributed by atoms with Crippen LogP contribution in [0.2, 0.25) is 13.1 Å². The Hall–Kier alpha value is -1.19. The maximum atomic E-state index is 10.4. The van der Waals surface area contributed by atoms with Crippen molar-refractivity contribution in [3.8, 4) is 5.75 Å². The van der Waals surface area contributed by atoms with Gasteiger partial charge >= 0.3 is 0 Å². The zero-order valence-corrected chi connectivity index (χ0v) is 16.9. The van der Waals surface area contributed by atoms with Crippen LogP contribution in [-0.2, 0) is 5.41 Å². The molecule has 0 heterocycles. The average Bonchev–Trinajstić information content (AvgIpc) is 2.48. The molecule has 0 aliphatic heterocycles. The fourth-order valence-electron chi connectivity index (χ4n) is 2.64. The minimum atomic E-state index is -1.46. The van der Waals surface area contributed by atoms with E-state index in [2.05, 4.69) is 76.3 Å². The van der Waals surface area contributed by atoms with Crippen LogP contribution >= 0.6 is 11.8 Å². The van der Waals surface area contributed by atoms with Crippen LogP contribution in [0.4, 0.5) is 0 Å². The van der Waals surface area contributed by atoms with Crippen molar-refractivity contribution in [2.45, 2.75) is 51.1 Å². The first-order chi connectivity index (χ1) is 10.6. The zero-order valence-electron chi connectivity index (χ0n) is 15.1. The van der Waals surface area contributed by atoms with E-state index in [0.29, 0.717) is 5.75 Å². The number of thioether (sulfide) groups is 1. The lowest BCUT2D eigenvalue weighted by Crippen LogP contribution is -2.44. The SMILES string of the molecule is Cc1cc(SC[Si](C)(C)c2ccccc2)cc(C(C)(C)C)c1O. The summed E-state index contributed by atoms with van der Waals surface area (Å²) in [7, 11) is -1.46. The molecular formula is C20H28OSSi. The maximum Gasteiger partial charge on any atom is 0.122 e. The van der Waals surface area contributed by atoms with Crippen molar-refractivity contribution in [3.63, 3.8) is 0 Å². The lowest BCUT2D eigenvalue weighted by atomic mass is 9.85. The van der Waals surface area contributed by atoms with Crippen molar-refractivity contribution in [2.24, 2.45) is 0 Å². The minimum absolute atomic E-state index is 0.0439. The van der Waals surface area contributed by atoms with Gasteiger partial charge in [-0.2, -0.15) is 0 Å². The van der Waals surface area contributed by atoms with Gasteiger partial charge in [0, 0.05) is 10.5 Å². The second-order valence-electron chi connectivity index (χ2n) is 7.92. The van der Waals surface area contributed by atoms with Crippen molar-refractivity contribution in [2.75, 3.05) is 5.38 Å². The van der Waals surface area contributed by atoms with E-state index in [9.17, 15) is 5.11 Å². The first kappa shape index (κ1) is 18.1. The molecule has 23 heavy (non-hydrogen) atoms. The predicted octanol–water partition coefficient (Wildman–Crippen LogP) is 5.25. The summed E-state index contributed by atoms with van der Waals surface area (Å²) < 4.78 is 0. The first-order valence-electron chi connectivity index (χ1n) is 8.14. The van der Waals surface area contributed by atoms with Crippen LogP contribution in [0.3, 0.4) is 0 Å². The second-order valence-corrected chi connectivity index (χ2v) is 14.2. The smallest absolute Gasteiger partial charge is 0.122 e. The Morgan fingerprint density at radius 3 is 2.22 bits per heavy atom. The number of hydrogen-bond donors (Lipinski definition) is 1. The van der Waals surface area contributed by atoms with Crippen molar-refractivity contribution < 1.29 is 5.11 Å². The van der Waals surface area contributed by atoms with Crippen LogP contribution in [0.15, 0.2) is 47.4 Å². The third kappa shape index (κ3) is 4.42. The summed E-state index contributed by atoms with van der Waals surface area (Å²) in [6.07, 6.45) is 0. The molecule has 0 atom stereocenters. The third-order valence-corrected chi connectivity index (χ3v) is 10.2. The lowest BCUT2D eigenvalue weighted by Gasteiger charge is -2.25. The summed E-state index contributed by atoms with van der Waals surface area (Å²) in [5.41, 5.74) is 1.97. The van der Waals surface area contributed by atoms with Crippen molar-refractivity contribution in [1.82, 2.24) is 0 Å². The first-order valence-corrected chi connectivity index (χ1v) is 12.3. The molecule has 124 valence electrons. The molecule has 0 amide bonds. The van der Waals surface area contributed by atoms with E-state index in [-0.39, 0.29) is 5.41 Å². The van der Waals surface area contributed by atoms with Gasteiger partial charge in [0.1, 0.15) is 5.75 Å². The molecule has 2 aromatic carbocycles. The van der Waals surface area contributed by atoms with E-state index in [1.165, 1.54) is 10.1 Å². The number of aryl methyl sites for hydroxylation is 1. The fraction of sp³-hybridized carbons (Fsp3) is 0.400. The molecule has 1 nitrogen and oxygen atoms in total. The molecule has 0 bridgehead atoms. The van der Waals surface area contributed by atoms with Crippen molar-refractivity contribution >= 4 is 25.0 Å². The Bertz CT molecular complexity index is 672. The highest BCUT2D eigenvalue weighted by atomic mass is 32.2. The highest BCUT2D eigenvalue weighted by molar-refractivity contribution is 8.01. The molecule has 0 aromatic heterocycles. The normalized spacial score (nSPS) is 12.4. The number of benzene rings is 2. The van der Waals surface area contributed by atoms with Crippen LogP contribution in [-0.4, -0.2) is 18.6 Å². The Labute approximate surface area is 146 Å². The van der Waals surface area contributed by atoms with Gasteiger partial charge in [0.25, 0.3) is 0 Å². The van der Waals surface area contributed by atoms with Gasteiger partial charge in [0.2, 0.25) is 0 Å². The fourth-order valence-corrected chi connectivity index (χ4v) is 6.97. The van der Waals surface area contributed by atoms with Gasteiger partial charge in [-0.3, -0.25) is 0 Å². The standard InChI is InChI=1S/C20H28OSSi/c1-15-12-16(13-18(19(15)21)20(2,3)4)22-14-23(5,6)17-10-8-7-9-11-17/h7-13,21H,14H2,1-6H3. The molecule has 0 spiro atoms. The van der Waals surface area contributed by atoms with Gasteiger partial charge in [0.05, 0.1) is 8.07 Å². The molecule has 3 heteroatoms. The highest BCUT2D eigenvalue weighted by Gasteiger charge is 2.25. The molecule has 0 saturated heterocycles. The molecule has 0 radical (unpaired) electrons. The Morgan fingerprint density at radius 1 is 1.04 bits per heavy atom. The van der Waals surface area contributed by atoms with Gasteiger partial charge in [-0.1, -0.05) is 69.4 Å². The van der Waals surface area contributed by atoms with Gasteiger partial charge in [-0.05, 0) is 35.4 Å². The molecule has 2 rings (SSSR count). The van der Waals surface area contributed by atoms with E-state index >= 15 is 0 Å². The number of aromatic hydroxyl groups is 1. The highest BCUT2D eigenvalue weighted by Crippen LogP contribution is 2.37. The Balaban J connectivity index is 2.23. The van der Waals surface area contributed by atoms with Crippen molar-refractivity contribution in [1.29, 1.82) is 0 Å². The van der Waals surface area contributed by atoms with E-state index in [4.69, 9.17) is 0 Å². The molecule has 0 fully saturated rings. The molecular weight excluding hydrogens is 316 g/mol. The Kier molecular flexibility index (Phi) is 5.32. The molecule has 0 saturated carbocycles. The summed E-state index contributed by atoms with van der Waals surface area (Å²) in [6, 6.07) is 15.2. The number of phenols is 1. The number of phenolic OH excluding ortho intramolecular Hbond substituents is 1. The molecule has 0 unspecified atom stereocenters.